The van der Waals surface area contributed by atoms with Gasteiger partial charge in [0.2, 0.25) is 0 Å². The molecule has 0 aliphatic carbocycles. The lowest BCUT2D eigenvalue weighted by atomic mass is 9.82. The molecule has 0 rings (SSSR count). The van der Waals surface area contributed by atoms with Gasteiger partial charge in [-0.15, -0.1) is 13.2 Å². The van der Waals surface area contributed by atoms with Gasteiger partial charge < -0.3 is 9.84 Å². The molecule has 0 heterocycles. The molecular formula is C12H18O3. The molecule has 0 aliphatic rings. The third-order valence-corrected chi connectivity index (χ3v) is 2.14. The predicted octanol–water partition coefficient (Wildman–Crippen LogP) is 1.85. The normalized spacial score (nSPS) is 10.5. The molecule has 15 heavy (non-hydrogen) atoms. The Bertz CT molecular complexity index is 233. The molecule has 0 saturated heterocycles. The summed E-state index contributed by atoms with van der Waals surface area (Å²) in [5, 5.41) is 9.29. The summed E-state index contributed by atoms with van der Waals surface area (Å²) in [5.74, 6) is -0.440. The van der Waals surface area contributed by atoms with Crippen molar-refractivity contribution >= 4 is 5.97 Å². The number of allylic oxidation sites excluding steroid dienone is 2. The van der Waals surface area contributed by atoms with E-state index < -0.39 is 11.4 Å². The van der Waals surface area contributed by atoms with E-state index in [4.69, 9.17) is 4.74 Å². The first kappa shape index (κ1) is 13.7. The van der Waals surface area contributed by atoms with Crippen molar-refractivity contribution in [3.05, 3.63) is 38.0 Å². The summed E-state index contributed by atoms with van der Waals surface area (Å²) in [7, 11) is 0. The average Bonchev–Trinajstić information content (AvgIpc) is 2.25. The van der Waals surface area contributed by atoms with Crippen molar-refractivity contribution in [1.82, 2.24) is 0 Å². The Balaban J connectivity index is 4.69. The van der Waals surface area contributed by atoms with Crippen LogP contribution < -0.4 is 0 Å². The van der Waals surface area contributed by atoms with Gasteiger partial charge in [0, 0.05) is 0 Å². The Morgan fingerprint density at radius 3 is 2.07 bits per heavy atom. The van der Waals surface area contributed by atoms with Crippen molar-refractivity contribution in [2.75, 3.05) is 13.2 Å². The maximum atomic E-state index is 11.7. The van der Waals surface area contributed by atoms with Crippen LogP contribution in [-0.2, 0) is 9.53 Å². The highest BCUT2D eigenvalue weighted by atomic mass is 16.5. The Labute approximate surface area is 90.8 Å². The van der Waals surface area contributed by atoms with E-state index >= 15 is 0 Å². The first-order valence-corrected chi connectivity index (χ1v) is 4.77. The average molecular weight is 210 g/mol. The molecule has 0 aromatic carbocycles. The Morgan fingerprint density at radius 1 is 1.20 bits per heavy atom. The van der Waals surface area contributed by atoms with E-state index in [1.165, 1.54) is 6.08 Å². The van der Waals surface area contributed by atoms with Gasteiger partial charge in [0.1, 0.15) is 6.61 Å². The summed E-state index contributed by atoms with van der Waals surface area (Å²) in [5.41, 5.74) is -0.938. The molecule has 3 nitrogen and oxygen atoms in total. The molecule has 0 atom stereocenters. The molecule has 0 aromatic heterocycles. The maximum Gasteiger partial charge on any atom is 0.315 e. The second kappa shape index (κ2) is 7.01. The summed E-state index contributed by atoms with van der Waals surface area (Å²) < 4.78 is 4.94. The van der Waals surface area contributed by atoms with Crippen LogP contribution in [0.3, 0.4) is 0 Å². The molecule has 0 aromatic rings. The van der Waals surface area contributed by atoms with Gasteiger partial charge >= 0.3 is 5.97 Å². The highest BCUT2D eigenvalue weighted by Gasteiger charge is 2.36. The largest absolute Gasteiger partial charge is 0.461 e. The van der Waals surface area contributed by atoms with E-state index in [9.17, 15) is 9.90 Å². The molecule has 0 saturated carbocycles. The Morgan fingerprint density at radius 2 is 1.73 bits per heavy atom. The van der Waals surface area contributed by atoms with Crippen LogP contribution in [0.1, 0.15) is 12.8 Å². The molecule has 0 unspecified atom stereocenters. The van der Waals surface area contributed by atoms with Crippen molar-refractivity contribution in [3.8, 4) is 0 Å². The number of ether oxygens (including phenoxy) is 1. The number of carbonyl (C=O) groups excluding carboxylic acids is 1. The summed E-state index contributed by atoms with van der Waals surface area (Å²) in [6.45, 7) is 10.5. The third-order valence-electron chi connectivity index (χ3n) is 2.14. The quantitative estimate of drug-likeness (QED) is 0.491. The number of aliphatic hydroxyl groups excluding tert-OH is 1. The van der Waals surface area contributed by atoms with Gasteiger partial charge in [-0.3, -0.25) is 4.79 Å². The van der Waals surface area contributed by atoms with Gasteiger partial charge in [0.25, 0.3) is 0 Å². The van der Waals surface area contributed by atoms with E-state index in [0.717, 1.165) is 0 Å². The molecule has 0 radical (unpaired) electrons. The lowest BCUT2D eigenvalue weighted by Crippen LogP contribution is -2.36. The minimum atomic E-state index is -0.938. The fourth-order valence-electron chi connectivity index (χ4n) is 1.28. The Kier molecular flexibility index (Phi) is 6.38. The van der Waals surface area contributed by atoms with Gasteiger partial charge in [-0.05, 0) is 12.8 Å². The van der Waals surface area contributed by atoms with Crippen molar-refractivity contribution in [3.63, 3.8) is 0 Å². The van der Waals surface area contributed by atoms with Crippen LogP contribution in [0.5, 0.6) is 0 Å². The van der Waals surface area contributed by atoms with E-state index in [-0.39, 0.29) is 13.2 Å². The van der Waals surface area contributed by atoms with Crippen LogP contribution >= 0.6 is 0 Å². The fourth-order valence-corrected chi connectivity index (χ4v) is 1.28. The minimum absolute atomic E-state index is 0.148. The molecule has 1 N–H and O–H groups in total. The number of rotatable bonds is 8. The third kappa shape index (κ3) is 3.72. The molecule has 0 fully saturated rings. The van der Waals surface area contributed by atoms with Crippen molar-refractivity contribution in [2.45, 2.75) is 12.8 Å². The zero-order valence-electron chi connectivity index (χ0n) is 8.95. The zero-order valence-corrected chi connectivity index (χ0v) is 8.95. The van der Waals surface area contributed by atoms with E-state index in [1.807, 2.05) is 0 Å². The smallest absolute Gasteiger partial charge is 0.315 e. The Hall–Kier alpha value is -1.35. The molecule has 84 valence electrons. The summed E-state index contributed by atoms with van der Waals surface area (Å²) >= 11 is 0. The molecule has 0 amide bonds. The molecule has 3 heteroatoms. The molecule has 0 aliphatic heterocycles. The number of hydrogen-bond acceptors (Lipinski definition) is 3. The van der Waals surface area contributed by atoms with Gasteiger partial charge in [0.05, 0.1) is 12.0 Å². The molecule has 0 spiro atoms. The summed E-state index contributed by atoms with van der Waals surface area (Å²) in [6.07, 6.45) is 5.41. The van der Waals surface area contributed by atoms with Crippen LogP contribution in [0.4, 0.5) is 0 Å². The van der Waals surface area contributed by atoms with Gasteiger partial charge in [-0.25, -0.2) is 0 Å². The summed E-state index contributed by atoms with van der Waals surface area (Å²) in [4.78, 5) is 11.7. The van der Waals surface area contributed by atoms with Crippen LogP contribution in [0, 0.1) is 5.41 Å². The first-order chi connectivity index (χ1) is 7.16. The van der Waals surface area contributed by atoms with E-state index in [0.29, 0.717) is 12.8 Å². The number of aliphatic hydroxyl groups is 1. The first-order valence-electron chi connectivity index (χ1n) is 4.77. The van der Waals surface area contributed by atoms with Crippen LogP contribution in [-0.4, -0.2) is 24.3 Å². The fraction of sp³-hybridized carbons (Fsp3) is 0.417. The highest BCUT2D eigenvalue weighted by Crippen LogP contribution is 2.28. The highest BCUT2D eigenvalue weighted by molar-refractivity contribution is 5.77. The van der Waals surface area contributed by atoms with E-state index in [2.05, 4.69) is 19.7 Å². The van der Waals surface area contributed by atoms with Crippen molar-refractivity contribution in [1.29, 1.82) is 0 Å². The second-order valence-electron chi connectivity index (χ2n) is 3.31. The van der Waals surface area contributed by atoms with Crippen LogP contribution in [0.25, 0.3) is 0 Å². The van der Waals surface area contributed by atoms with Crippen LogP contribution in [0.2, 0.25) is 0 Å². The van der Waals surface area contributed by atoms with E-state index in [1.54, 1.807) is 12.2 Å². The lowest BCUT2D eigenvalue weighted by Gasteiger charge is -2.26. The number of esters is 1. The molecule has 0 bridgehead atoms. The number of carbonyl (C=O) groups is 1. The lowest BCUT2D eigenvalue weighted by molar-refractivity contribution is -0.157. The van der Waals surface area contributed by atoms with Gasteiger partial charge in [-0.2, -0.15) is 0 Å². The minimum Gasteiger partial charge on any atom is -0.461 e. The van der Waals surface area contributed by atoms with Crippen LogP contribution in [0.15, 0.2) is 38.0 Å². The summed E-state index contributed by atoms with van der Waals surface area (Å²) in [6, 6.07) is 0. The number of hydrogen-bond donors (Lipinski definition) is 1. The van der Waals surface area contributed by atoms with Crippen molar-refractivity contribution < 1.29 is 14.6 Å². The van der Waals surface area contributed by atoms with Gasteiger partial charge in [-0.1, -0.05) is 24.8 Å². The van der Waals surface area contributed by atoms with Crippen molar-refractivity contribution in [2.24, 2.45) is 5.41 Å². The van der Waals surface area contributed by atoms with Gasteiger partial charge in [0.15, 0.2) is 0 Å². The monoisotopic (exact) mass is 210 g/mol. The molecular weight excluding hydrogens is 192 g/mol. The SMILES string of the molecule is C=CCOC(=O)C(CO)(CC=C)CC=C. The second-order valence-corrected chi connectivity index (χ2v) is 3.31. The zero-order chi connectivity index (χ0) is 11.7. The maximum absolute atomic E-state index is 11.7. The topological polar surface area (TPSA) is 46.5 Å². The predicted molar refractivity (Wildman–Crippen MR) is 60.3 cm³/mol. The standard InChI is InChI=1S/C12H18O3/c1-4-7-12(10-13,8-5-2)11(14)15-9-6-3/h4-6,13H,1-3,7-10H2.